The summed E-state index contributed by atoms with van der Waals surface area (Å²) < 4.78 is 41.6. The Morgan fingerprint density at radius 2 is 1.79 bits per heavy atom. The summed E-state index contributed by atoms with van der Waals surface area (Å²) in [6, 6.07) is 10.9. The zero-order valence-electron chi connectivity index (χ0n) is 14.9. The third-order valence-electron chi connectivity index (χ3n) is 4.33. The molecular formula is C20H16ClF3N2O2. The smallest absolute Gasteiger partial charge is 0.418 e. The monoisotopic (exact) mass is 408 g/mol. The van der Waals surface area contributed by atoms with Gasteiger partial charge in [0.2, 0.25) is 0 Å². The predicted molar refractivity (Wildman–Crippen MR) is 101 cm³/mol. The number of hydrogen-bond donors (Lipinski definition) is 2. The molecule has 0 aliphatic heterocycles. The Morgan fingerprint density at radius 1 is 1.11 bits per heavy atom. The maximum absolute atomic E-state index is 13.4. The molecule has 0 atom stereocenters. The Morgan fingerprint density at radius 3 is 2.43 bits per heavy atom. The Kier molecular flexibility index (Phi) is 5.12. The number of aromatic nitrogens is 1. The van der Waals surface area contributed by atoms with Crippen LogP contribution in [-0.4, -0.2) is 15.6 Å². The number of carbonyl (C=O) groups is 1. The lowest BCUT2D eigenvalue weighted by Crippen LogP contribution is -2.14. The quantitative estimate of drug-likeness (QED) is 0.544. The molecule has 1 heterocycles. The van der Waals surface area contributed by atoms with Crippen molar-refractivity contribution in [3.8, 4) is 11.4 Å². The Bertz CT molecular complexity index is 1060. The van der Waals surface area contributed by atoms with E-state index in [9.17, 15) is 23.1 Å². The van der Waals surface area contributed by atoms with Gasteiger partial charge in [0.1, 0.15) is 5.75 Å². The summed E-state index contributed by atoms with van der Waals surface area (Å²) in [5.74, 6) is -0.618. The van der Waals surface area contributed by atoms with E-state index in [0.29, 0.717) is 17.1 Å². The highest BCUT2D eigenvalue weighted by Gasteiger charge is 2.34. The molecule has 2 aromatic carbocycles. The number of para-hydroxylation sites is 1. The van der Waals surface area contributed by atoms with Crippen molar-refractivity contribution in [1.29, 1.82) is 0 Å². The number of benzene rings is 2. The van der Waals surface area contributed by atoms with Crippen LogP contribution in [0, 0.1) is 13.8 Å². The fourth-order valence-corrected chi connectivity index (χ4v) is 3.24. The molecular weight excluding hydrogens is 393 g/mol. The van der Waals surface area contributed by atoms with Crippen LogP contribution < -0.4 is 5.32 Å². The maximum Gasteiger partial charge on any atom is 0.418 e. The minimum absolute atomic E-state index is 0.0447. The number of hydrogen-bond acceptors (Lipinski definition) is 2. The van der Waals surface area contributed by atoms with E-state index in [1.807, 2.05) is 0 Å². The average Bonchev–Trinajstić information content (AvgIpc) is 2.92. The van der Waals surface area contributed by atoms with Crippen LogP contribution in [0.1, 0.15) is 27.3 Å². The number of nitrogens with one attached hydrogen (secondary N) is 1. The fraction of sp³-hybridized carbons (Fsp3) is 0.150. The second-order valence-corrected chi connectivity index (χ2v) is 6.66. The zero-order valence-corrected chi connectivity index (χ0v) is 15.7. The minimum atomic E-state index is -4.52. The summed E-state index contributed by atoms with van der Waals surface area (Å²) in [4.78, 5) is 12.7. The standard InChI is InChI=1S/C20H16ClF3N2O2/c1-11-9-14(19(28)25-13-7-8-18(27)16(21)10-13)12(2)26(11)17-6-4-3-5-15(17)20(22,23)24/h3-10,27H,1-2H3,(H,25,28). The first kappa shape index (κ1) is 19.8. The molecule has 8 heteroatoms. The molecule has 0 aliphatic carbocycles. The van der Waals surface area contributed by atoms with Crippen molar-refractivity contribution in [3.05, 3.63) is 76.1 Å². The van der Waals surface area contributed by atoms with Crippen LogP contribution in [0.4, 0.5) is 18.9 Å². The summed E-state index contributed by atoms with van der Waals surface area (Å²) in [6.45, 7) is 3.22. The third kappa shape index (κ3) is 3.71. The number of anilines is 1. The highest BCUT2D eigenvalue weighted by Crippen LogP contribution is 2.35. The first-order chi connectivity index (χ1) is 13.1. The number of amides is 1. The molecule has 28 heavy (non-hydrogen) atoms. The van der Waals surface area contributed by atoms with E-state index in [0.717, 1.165) is 6.07 Å². The summed E-state index contributed by atoms with van der Waals surface area (Å²) in [6.07, 6.45) is -4.52. The van der Waals surface area contributed by atoms with E-state index in [1.165, 1.54) is 47.0 Å². The van der Waals surface area contributed by atoms with Crippen LogP contribution >= 0.6 is 11.6 Å². The number of phenolic OH excluding ortho intramolecular Hbond substituents is 1. The van der Waals surface area contributed by atoms with Crippen molar-refractivity contribution in [2.24, 2.45) is 0 Å². The fourth-order valence-electron chi connectivity index (χ4n) is 3.05. The SMILES string of the molecule is Cc1cc(C(=O)Nc2ccc(O)c(Cl)c2)c(C)n1-c1ccccc1C(F)(F)F. The molecule has 0 bridgehead atoms. The van der Waals surface area contributed by atoms with Gasteiger partial charge < -0.3 is 15.0 Å². The lowest BCUT2D eigenvalue weighted by Gasteiger charge is -2.16. The third-order valence-corrected chi connectivity index (χ3v) is 4.63. The summed E-state index contributed by atoms with van der Waals surface area (Å²) in [5.41, 5.74) is 0.623. The predicted octanol–water partition coefficient (Wildman–Crippen LogP) is 5.72. The number of alkyl halides is 3. The maximum atomic E-state index is 13.4. The van der Waals surface area contributed by atoms with Crippen LogP contribution in [0.15, 0.2) is 48.5 Å². The van der Waals surface area contributed by atoms with E-state index in [-0.39, 0.29) is 22.0 Å². The number of halogens is 4. The van der Waals surface area contributed by atoms with Gasteiger partial charge in [-0.05, 0) is 50.2 Å². The number of aryl methyl sites for hydroxylation is 1. The van der Waals surface area contributed by atoms with E-state index >= 15 is 0 Å². The van der Waals surface area contributed by atoms with E-state index < -0.39 is 17.6 Å². The molecule has 1 aromatic heterocycles. The summed E-state index contributed by atoms with van der Waals surface area (Å²) in [5, 5.41) is 12.2. The molecule has 0 unspecified atom stereocenters. The molecule has 146 valence electrons. The van der Waals surface area contributed by atoms with Crippen LogP contribution in [-0.2, 0) is 6.18 Å². The Labute approximate surface area is 164 Å². The van der Waals surface area contributed by atoms with Crippen LogP contribution in [0.3, 0.4) is 0 Å². The molecule has 0 spiro atoms. The molecule has 0 radical (unpaired) electrons. The van der Waals surface area contributed by atoms with Crippen LogP contribution in [0.2, 0.25) is 5.02 Å². The molecule has 3 aromatic rings. The number of nitrogens with zero attached hydrogens (tertiary/aromatic N) is 1. The lowest BCUT2D eigenvalue weighted by molar-refractivity contribution is -0.137. The van der Waals surface area contributed by atoms with Gasteiger partial charge in [-0.3, -0.25) is 4.79 Å². The highest BCUT2D eigenvalue weighted by atomic mass is 35.5. The van der Waals surface area contributed by atoms with Gasteiger partial charge in [-0.1, -0.05) is 23.7 Å². The zero-order chi connectivity index (χ0) is 20.6. The van der Waals surface area contributed by atoms with Gasteiger partial charge in [0, 0.05) is 17.1 Å². The van der Waals surface area contributed by atoms with Crippen LogP contribution in [0.5, 0.6) is 5.75 Å². The van der Waals surface area contributed by atoms with Crippen molar-refractivity contribution in [2.45, 2.75) is 20.0 Å². The molecule has 2 N–H and O–H groups in total. The largest absolute Gasteiger partial charge is 0.506 e. The first-order valence-electron chi connectivity index (χ1n) is 8.25. The lowest BCUT2D eigenvalue weighted by atomic mass is 10.1. The second-order valence-electron chi connectivity index (χ2n) is 6.26. The molecule has 4 nitrogen and oxygen atoms in total. The van der Waals surface area contributed by atoms with Crippen LogP contribution in [0.25, 0.3) is 5.69 Å². The topological polar surface area (TPSA) is 54.3 Å². The molecule has 0 aliphatic rings. The first-order valence-corrected chi connectivity index (χ1v) is 8.63. The minimum Gasteiger partial charge on any atom is -0.506 e. The molecule has 3 rings (SSSR count). The molecule has 0 fully saturated rings. The summed E-state index contributed by atoms with van der Waals surface area (Å²) >= 11 is 5.83. The molecule has 0 saturated carbocycles. The highest BCUT2D eigenvalue weighted by molar-refractivity contribution is 6.32. The van der Waals surface area contributed by atoms with Crippen molar-refractivity contribution in [2.75, 3.05) is 5.32 Å². The second kappa shape index (κ2) is 7.24. The Balaban J connectivity index is 2.01. The van der Waals surface area contributed by atoms with Gasteiger partial charge in [0.05, 0.1) is 21.8 Å². The van der Waals surface area contributed by atoms with Crippen molar-refractivity contribution >= 4 is 23.2 Å². The van der Waals surface area contributed by atoms with Gasteiger partial charge in [-0.25, -0.2) is 0 Å². The van der Waals surface area contributed by atoms with Gasteiger partial charge in [0.15, 0.2) is 0 Å². The van der Waals surface area contributed by atoms with E-state index in [2.05, 4.69) is 5.32 Å². The Hall–Kier alpha value is -2.93. The van der Waals surface area contributed by atoms with Gasteiger partial charge in [-0.2, -0.15) is 13.2 Å². The van der Waals surface area contributed by atoms with Crippen molar-refractivity contribution < 1.29 is 23.1 Å². The van der Waals surface area contributed by atoms with Crippen molar-refractivity contribution in [1.82, 2.24) is 4.57 Å². The van der Waals surface area contributed by atoms with Gasteiger partial charge in [0.25, 0.3) is 5.91 Å². The number of aromatic hydroxyl groups is 1. The van der Waals surface area contributed by atoms with E-state index in [4.69, 9.17) is 11.6 Å². The van der Waals surface area contributed by atoms with E-state index in [1.54, 1.807) is 13.8 Å². The normalized spacial score (nSPS) is 11.5. The van der Waals surface area contributed by atoms with Gasteiger partial charge in [-0.15, -0.1) is 0 Å². The summed E-state index contributed by atoms with van der Waals surface area (Å²) in [7, 11) is 0. The number of phenols is 1. The molecule has 0 saturated heterocycles. The van der Waals surface area contributed by atoms with Gasteiger partial charge >= 0.3 is 6.18 Å². The number of carbonyl (C=O) groups excluding carboxylic acids is 1. The molecule has 1 amide bonds. The average molecular weight is 409 g/mol. The number of rotatable bonds is 3. The van der Waals surface area contributed by atoms with Crippen molar-refractivity contribution in [3.63, 3.8) is 0 Å².